The summed E-state index contributed by atoms with van der Waals surface area (Å²) in [6.07, 6.45) is 0.176. The summed E-state index contributed by atoms with van der Waals surface area (Å²) in [5.74, 6) is -0.395. The number of anilines is 1. The molecule has 2 N–H and O–H groups in total. The minimum Gasteiger partial charge on any atom is -0.396 e. The van der Waals surface area contributed by atoms with Gasteiger partial charge in [0.15, 0.2) is 0 Å². The predicted octanol–water partition coefficient (Wildman–Crippen LogP) is 1.52. The normalized spacial score (nSPS) is 17.6. The van der Waals surface area contributed by atoms with Gasteiger partial charge in [0.1, 0.15) is 6.04 Å². The maximum atomic E-state index is 12.4. The number of carbonyl (C=O) groups excluding carboxylic acids is 2. The van der Waals surface area contributed by atoms with E-state index in [2.05, 4.69) is 11.4 Å². The second-order valence-corrected chi connectivity index (χ2v) is 4.98. The van der Waals surface area contributed by atoms with Crippen LogP contribution >= 0.6 is 0 Å². The number of amides is 3. The molecule has 1 aliphatic rings. The van der Waals surface area contributed by atoms with Crippen LogP contribution in [0.2, 0.25) is 0 Å². The summed E-state index contributed by atoms with van der Waals surface area (Å²) in [5, 5.41) is 22.0. The van der Waals surface area contributed by atoms with Gasteiger partial charge in [-0.3, -0.25) is 4.79 Å². The van der Waals surface area contributed by atoms with Crippen LogP contribution < -0.4 is 10.2 Å². The van der Waals surface area contributed by atoms with Crippen LogP contribution in [0.3, 0.4) is 0 Å². The fourth-order valence-corrected chi connectivity index (χ4v) is 2.66. The Balaban J connectivity index is 2.14. The van der Waals surface area contributed by atoms with Crippen molar-refractivity contribution in [2.45, 2.75) is 12.5 Å². The van der Waals surface area contributed by atoms with Crippen molar-refractivity contribution in [2.24, 2.45) is 0 Å². The van der Waals surface area contributed by atoms with Gasteiger partial charge < -0.3 is 10.4 Å². The number of aliphatic hydroxyl groups is 1. The fraction of sp³-hybridized carbons (Fsp3) is 0.188. The van der Waals surface area contributed by atoms with Gasteiger partial charge in [-0.25, -0.2) is 9.69 Å². The number of aliphatic hydroxyl groups excluding tert-OH is 1. The summed E-state index contributed by atoms with van der Waals surface area (Å²) in [6, 6.07) is 11.2. The fourth-order valence-electron chi connectivity index (χ4n) is 2.66. The van der Waals surface area contributed by atoms with E-state index in [1.165, 1.54) is 0 Å². The third-order valence-electron chi connectivity index (χ3n) is 3.70. The number of carbonyl (C=O) groups is 2. The van der Waals surface area contributed by atoms with E-state index in [9.17, 15) is 14.9 Å². The lowest BCUT2D eigenvalue weighted by molar-refractivity contribution is -0.118. The third-order valence-corrected chi connectivity index (χ3v) is 3.70. The minimum atomic E-state index is -0.716. The molecule has 3 rings (SSSR count). The number of nitrogens with zero attached hydrogens (tertiary/aromatic N) is 2. The molecule has 1 aliphatic heterocycles. The van der Waals surface area contributed by atoms with Crippen LogP contribution in [0, 0.1) is 11.3 Å². The van der Waals surface area contributed by atoms with Gasteiger partial charge in [-0.1, -0.05) is 24.3 Å². The average molecular weight is 295 g/mol. The Labute approximate surface area is 126 Å². The molecule has 0 bridgehead atoms. The second kappa shape index (κ2) is 5.47. The molecule has 3 amide bonds. The first-order valence-corrected chi connectivity index (χ1v) is 6.84. The Morgan fingerprint density at radius 3 is 2.59 bits per heavy atom. The highest BCUT2D eigenvalue weighted by molar-refractivity contribution is 6.24. The molecular formula is C16H13N3O3. The summed E-state index contributed by atoms with van der Waals surface area (Å²) in [4.78, 5) is 25.6. The van der Waals surface area contributed by atoms with Crippen molar-refractivity contribution in [1.29, 1.82) is 5.26 Å². The lowest BCUT2D eigenvalue weighted by Gasteiger charge is -2.16. The molecule has 1 fully saturated rings. The molecule has 1 heterocycles. The molecule has 6 heteroatoms. The number of nitrogens with one attached hydrogen (secondary N) is 1. The molecule has 0 spiro atoms. The summed E-state index contributed by atoms with van der Waals surface area (Å²) in [6.45, 7) is -0.182. The van der Waals surface area contributed by atoms with E-state index in [0.29, 0.717) is 22.0 Å². The van der Waals surface area contributed by atoms with Gasteiger partial charge in [0.05, 0.1) is 17.3 Å². The SMILES string of the molecule is N#Cc1ccc(N2C(=O)NC(CCO)C2=O)c2ccccc12. The molecule has 0 aliphatic carbocycles. The zero-order valence-corrected chi connectivity index (χ0v) is 11.6. The molecule has 110 valence electrons. The molecule has 1 saturated heterocycles. The van der Waals surface area contributed by atoms with Crippen LogP contribution in [0.4, 0.5) is 10.5 Å². The smallest absolute Gasteiger partial charge is 0.329 e. The summed E-state index contributed by atoms with van der Waals surface area (Å²) >= 11 is 0. The number of imide groups is 1. The Hall–Kier alpha value is -2.91. The second-order valence-electron chi connectivity index (χ2n) is 4.98. The molecule has 0 aromatic heterocycles. The van der Waals surface area contributed by atoms with E-state index in [4.69, 9.17) is 5.11 Å². The lowest BCUT2D eigenvalue weighted by Crippen LogP contribution is -2.31. The van der Waals surface area contributed by atoms with Crippen molar-refractivity contribution >= 4 is 28.4 Å². The summed E-state index contributed by atoms with van der Waals surface area (Å²) in [7, 11) is 0. The first-order chi connectivity index (χ1) is 10.7. The van der Waals surface area contributed by atoms with Crippen molar-refractivity contribution < 1.29 is 14.7 Å². The van der Waals surface area contributed by atoms with E-state index in [1.54, 1.807) is 36.4 Å². The Morgan fingerprint density at radius 2 is 1.91 bits per heavy atom. The van der Waals surface area contributed by atoms with Crippen molar-refractivity contribution in [1.82, 2.24) is 5.32 Å². The van der Waals surface area contributed by atoms with E-state index in [0.717, 1.165) is 4.90 Å². The van der Waals surface area contributed by atoms with Gasteiger partial charge in [-0.05, 0) is 18.6 Å². The van der Waals surface area contributed by atoms with Crippen molar-refractivity contribution in [3.05, 3.63) is 42.0 Å². The summed E-state index contributed by atoms with van der Waals surface area (Å²) < 4.78 is 0. The molecule has 1 unspecified atom stereocenters. The standard InChI is InChI=1S/C16H13N3O3/c17-9-10-5-6-14(12-4-2-1-3-11(10)12)19-15(21)13(7-8-20)18-16(19)22/h1-6,13,20H,7-8H2,(H,18,22). The van der Waals surface area contributed by atoms with Crippen molar-refractivity contribution in [3.63, 3.8) is 0 Å². The van der Waals surface area contributed by atoms with E-state index < -0.39 is 18.0 Å². The minimum absolute atomic E-state index is 0.176. The van der Waals surface area contributed by atoms with Gasteiger partial charge in [-0.15, -0.1) is 0 Å². The van der Waals surface area contributed by atoms with Crippen LogP contribution in [-0.4, -0.2) is 29.7 Å². The first-order valence-electron chi connectivity index (χ1n) is 6.84. The van der Waals surface area contributed by atoms with Crippen LogP contribution in [0.1, 0.15) is 12.0 Å². The van der Waals surface area contributed by atoms with Gasteiger partial charge in [-0.2, -0.15) is 5.26 Å². The van der Waals surface area contributed by atoms with Crippen LogP contribution in [0.25, 0.3) is 10.8 Å². The van der Waals surface area contributed by atoms with E-state index in [1.807, 2.05) is 0 Å². The number of urea groups is 1. The van der Waals surface area contributed by atoms with Gasteiger partial charge in [0.2, 0.25) is 0 Å². The molecule has 0 saturated carbocycles. The Morgan fingerprint density at radius 1 is 1.18 bits per heavy atom. The number of hydrogen-bond acceptors (Lipinski definition) is 4. The molecule has 0 radical (unpaired) electrons. The number of fused-ring (bicyclic) bond motifs is 1. The van der Waals surface area contributed by atoms with Gasteiger partial charge in [0, 0.05) is 17.4 Å². The number of benzene rings is 2. The maximum absolute atomic E-state index is 12.4. The number of rotatable bonds is 3. The molecule has 2 aromatic rings. The maximum Gasteiger partial charge on any atom is 0.329 e. The highest BCUT2D eigenvalue weighted by Gasteiger charge is 2.39. The third kappa shape index (κ3) is 2.08. The molecular weight excluding hydrogens is 282 g/mol. The highest BCUT2D eigenvalue weighted by Crippen LogP contribution is 2.31. The predicted molar refractivity (Wildman–Crippen MR) is 80.2 cm³/mol. The van der Waals surface area contributed by atoms with Gasteiger partial charge >= 0.3 is 6.03 Å². The van der Waals surface area contributed by atoms with Gasteiger partial charge in [0.25, 0.3) is 5.91 Å². The quantitative estimate of drug-likeness (QED) is 0.839. The largest absolute Gasteiger partial charge is 0.396 e. The Kier molecular flexibility index (Phi) is 3.49. The zero-order valence-electron chi connectivity index (χ0n) is 11.6. The molecule has 22 heavy (non-hydrogen) atoms. The van der Waals surface area contributed by atoms with Crippen LogP contribution in [0.15, 0.2) is 36.4 Å². The van der Waals surface area contributed by atoms with Crippen LogP contribution in [-0.2, 0) is 4.79 Å². The Bertz CT molecular complexity index is 810. The van der Waals surface area contributed by atoms with E-state index in [-0.39, 0.29) is 13.0 Å². The van der Waals surface area contributed by atoms with E-state index >= 15 is 0 Å². The number of nitriles is 1. The highest BCUT2D eigenvalue weighted by atomic mass is 16.3. The number of hydrogen-bond donors (Lipinski definition) is 2. The van der Waals surface area contributed by atoms with Crippen molar-refractivity contribution in [2.75, 3.05) is 11.5 Å². The molecule has 1 atom stereocenters. The summed E-state index contributed by atoms with van der Waals surface area (Å²) in [5.41, 5.74) is 0.927. The topological polar surface area (TPSA) is 93.4 Å². The monoisotopic (exact) mass is 295 g/mol. The lowest BCUT2D eigenvalue weighted by atomic mass is 10.0. The van der Waals surface area contributed by atoms with Crippen LogP contribution in [0.5, 0.6) is 0 Å². The average Bonchev–Trinajstić information content (AvgIpc) is 2.81. The molecule has 6 nitrogen and oxygen atoms in total. The zero-order chi connectivity index (χ0) is 15.7. The molecule has 2 aromatic carbocycles. The van der Waals surface area contributed by atoms with Crippen molar-refractivity contribution in [3.8, 4) is 6.07 Å². The first kappa shape index (κ1) is 14.0.